The van der Waals surface area contributed by atoms with Gasteiger partial charge in [0.15, 0.2) is 8.32 Å². The fourth-order valence-corrected chi connectivity index (χ4v) is 9.26. The number of alkyl carbamates (subject to hydrolysis) is 1. The first-order chi connectivity index (χ1) is 22.6. The molecule has 0 spiro atoms. The summed E-state index contributed by atoms with van der Waals surface area (Å²) in [6.45, 7) is 17.0. The lowest BCUT2D eigenvalue weighted by atomic mass is 10.1. The van der Waals surface area contributed by atoms with Crippen LogP contribution in [0.1, 0.15) is 92.9 Å². The molecule has 3 saturated carbocycles. The molecule has 13 nitrogen and oxygen atoms in total. The second kappa shape index (κ2) is 13.6. The number of amides is 4. The molecule has 3 aliphatic carbocycles. The Morgan fingerprint density at radius 1 is 1.04 bits per heavy atom. The van der Waals surface area contributed by atoms with Crippen molar-refractivity contribution in [1.29, 1.82) is 0 Å². The Balaban J connectivity index is 1.48. The summed E-state index contributed by atoms with van der Waals surface area (Å²) in [5, 5.41) is 5.03. The van der Waals surface area contributed by atoms with E-state index in [2.05, 4.69) is 54.1 Å². The molecule has 5 rings (SSSR count). The Hall–Kier alpha value is -2.49. The van der Waals surface area contributed by atoms with Crippen molar-refractivity contribution in [3.05, 3.63) is 12.2 Å². The maximum Gasteiger partial charge on any atom is 0.408 e. The highest BCUT2D eigenvalue weighted by Crippen LogP contribution is 2.46. The molecule has 1 saturated heterocycles. The molecular formula is C34H57N5O8SSi. The predicted octanol–water partition coefficient (Wildman–Crippen LogP) is 3.17. The zero-order valence-corrected chi connectivity index (χ0v) is 32.3. The first-order valence-corrected chi connectivity index (χ1v) is 22.3. The Morgan fingerprint density at radius 3 is 2.31 bits per heavy atom. The van der Waals surface area contributed by atoms with Crippen LogP contribution in [0.4, 0.5) is 4.79 Å². The van der Waals surface area contributed by atoms with Gasteiger partial charge in [-0.15, -0.1) is 0 Å². The number of carbonyl (C=O) groups excluding carboxylic acids is 4. The number of sulfonamides is 1. The smallest absolute Gasteiger partial charge is 0.408 e. The normalized spacial score (nSPS) is 30.7. The lowest BCUT2D eigenvalue weighted by Crippen LogP contribution is -2.60. The van der Waals surface area contributed by atoms with E-state index in [-0.39, 0.29) is 36.9 Å². The van der Waals surface area contributed by atoms with Crippen LogP contribution in [0.5, 0.6) is 0 Å². The van der Waals surface area contributed by atoms with E-state index >= 15 is 0 Å². The molecule has 2 aliphatic heterocycles. The Kier molecular flexibility index (Phi) is 10.5. The van der Waals surface area contributed by atoms with Crippen molar-refractivity contribution in [2.45, 2.75) is 152 Å². The third-order valence-electron chi connectivity index (χ3n) is 10.7. The van der Waals surface area contributed by atoms with Crippen LogP contribution in [-0.4, -0.2) is 111 Å². The van der Waals surface area contributed by atoms with Crippen molar-refractivity contribution in [3.63, 3.8) is 0 Å². The lowest BCUT2D eigenvalue weighted by Gasteiger charge is -2.38. The van der Waals surface area contributed by atoms with Crippen molar-refractivity contribution in [2.75, 3.05) is 19.6 Å². The molecule has 3 N–H and O–H groups in total. The summed E-state index contributed by atoms with van der Waals surface area (Å²) < 4.78 is 40.1. The quantitative estimate of drug-likeness (QED) is 0.265. The Labute approximate surface area is 292 Å². The minimum absolute atomic E-state index is 0.121. The van der Waals surface area contributed by atoms with Crippen LogP contribution >= 0.6 is 0 Å². The van der Waals surface area contributed by atoms with E-state index in [1.54, 1.807) is 20.8 Å². The Bertz CT molecular complexity index is 1450. The molecule has 15 heteroatoms. The second-order valence-corrected chi connectivity index (χ2v) is 23.9. The van der Waals surface area contributed by atoms with Crippen LogP contribution in [-0.2, 0) is 33.6 Å². The van der Waals surface area contributed by atoms with Gasteiger partial charge in [0.2, 0.25) is 21.8 Å². The molecule has 5 atom stereocenters. The summed E-state index contributed by atoms with van der Waals surface area (Å²) >= 11 is 0. The fraction of sp³-hybridized carbons (Fsp3) is 0.824. The highest BCUT2D eigenvalue weighted by molar-refractivity contribution is 7.91. The zero-order chi connectivity index (χ0) is 36.2. The summed E-state index contributed by atoms with van der Waals surface area (Å²) in [5.41, 5.74) is -2.23. The number of fused-ring (bicyclic) bond motifs is 2. The van der Waals surface area contributed by atoms with Crippen molar-refractivity contribution in [1.82, 2.24) is 25.2 Å². The third-order valence-corrected chi connectivity index (χ3v) is 17.1. The maximum atomic E-state index is 14.6. The molecule has 49 heavy (non-hydrogen) atoms. The molecule has 4 fully saturated rings. The molecule has 0 radical (unpaired) electrons. The van der Waals surface area contributed by atoms with Crippen molar-refractivity contribution >= 4 is 42.2 Å². The first kappa shape index (κ1) is 37.8. The van der Waals surface area contributed by atoms with Gasteiger partial charge in [0, 0.05) is 31.5 Å². The zero-order valence-electron chi connectivity index (χ0n) is 30.5. The van der Waals surface area contributed by atoms with Crippen LogP contribution in [0.25, 0.3) is 0 Å². The van der Waals surface area contributed by atoms with E-state index in [4.69, 9.17) is 9.16 Å². The number of ether oxygens (including phenoxy) is 1. The average molecular weight is 724 g/mol. The van der Waals surface area contributed by atoms with Crippen LogP contribution < -0.4 is 15.4 Å². The minimum atomic E-state index is -3.85. The van der Waals surface area contributed by atoms with Gasteiger partial charge in [-0.1, -0.05) is 32.9 Å². The number of nitrogens with zero attached hydrogens (tertiary/aromatic N) is 2. The maximum absolute atomic E-state index is 14.6. The largest absolute Gasteiger partial charge is 0.444 e. The molecule has 1 unspecified atom stereocenters. The molecule has 0 aromatic heterocycles. The number of hydrogen-bond donors (Lipinski definition) is 3. The van der Waals surface area contributed by atoms with E-state index in [0.29, 0.717) is 31.8 Å². The minimum Gasteiger partial charge on any atom is -0.444 e. The summed E-state index contributed by atoms with van der Waals surface area (Å²) in [4.78, 5) is 59.4. The van der Waals surface area contributed by atoms with E-state index in [9.17, 15) is 27.6 Å². The molecule has 0 aromatic rings. The van der Waals surface area contributed by atoms with E-state index in [1.807, 2.05) is 12.2 Å². The van der Waals surface area contributed by atoms with Gasteiger partial charge >= 0.3 is 6.09 Å². The van der Waals surface area contributed by atoms with Gasteiger partial charge in [-0.05, 0) is 90.4 Å². The van der Waals surface area contributed by atoms with Gasteiger partial charge in [-0.2, -0.15) is 0 Å². The van der Waals surface area contributed by atoms with Gasteiger partial charge in [0.25, 0.3) is 5.91 Å². The van der Waals surface area contributed by atoms with E-state index < -0.39 is 76.7 Å². The number of carbonyl (C=O) groups is 4. The molecular weight excluding hydrogens is 667 g/mol. The summed E-state index contributed by atoms with van der Waals surface area (Å²) in [5.74, 6) is -2.11. The topological polar surface area (TPSA) is 163 Å². The van der Waals surface area contributed by atoms with Gasteiger partial charge in [0.05, 0.1) is 11.4 Å². The van der Waals surface area contributed by atoms with Crippen LogP contribution in [0.3, 0.4) is 0 Å². The summed E-state index contributed by atoms with van der Waals surface area (Å²) in [7, 11) is -6.18. The van der Waals surface area contributed by atoms with Crippen LogP contribution in [0.2, 0.25) is 18.1 Å². The average Bonchev–Trinajstić information content (AvgIpc) is 3.83. The fourth-order valence-electron chi connectivity index (χ4n) is 6.54. The predicted molar refractivity (Wildman–Crippen MR) is 187 cm³/mol. The van der Waals surface area contributed by atoms with E-state index in [0.717, 1.165) is 19.3 Å². The molecule has 276 valence electrons. The number of rotatable bonds is 7. The van der Waals surface area contributed by atoms with Crippen LogP contribution in [0, 0.1) is 5.92 Å². The molecule has 4 amide bonds. The summed E-state index contributed by atoms with van der Waals surface area (Å²) in [6, 6.07) is -1.69. The SMILES string of the molecule is CC(C)(C)OC(=O)N[C@H]1CN(C2CC2)CCCC=CC2C[C@@]2(C(=O)NS(=O)(=O)C2CC2)NC(=O)[C@@H]2C[C@@H](O[Si](C)(C)C(C)(C)C)CN2C1=O. The van der Waals surface area contributed by atoms with Gasteiger partial charge in [-0.25, -0.2) is 13.2 Å². The molecule has 0 bridgehead atoms. The van der Waals surface area contributed by atoms with Crippen LogP contribution in [0.15, 0.2) is 12.2 Å². The second-order valence-electron chi connectivity index (χ2n) is 17.2. The standard InChI is InChI=1S/C34H57N5O8SSi/c1-32(2,3)46-31(43)35-26-21-38(23-13-14-23)17-11-9-10-12-22-19-34(22,30(42)37-48(44,45)25-15-16-25)36-28(40)27-18-24(20-39(27)29(26)41)47-49(7,8)33(4,5)6/h10,12,22-27H,9,11,13-21H2,1-8H3,(H,35,43)(H,36,40)(H,37,42)/t22?,24-,26+,27+,34-/m1/s1. The first-order valence-electron chi connectivity index (χ1n) is 17.9. The molecule has 5 aliphatic rings. The van der Waals surface area contributed by atoms with Crippen molar-refractivity contribution in [3.8, 4) is 0 Å². The summed E-state index contributed by atoms with van der Waals surface area (Å²) in [6.07, 6.45) is 7.66. The molecule has 0 aromatic carbocycles. The number of allylic oxidation sites excluding steroid dienone is 1. The van der Waals surface area contributed by atoms with Gasteiger partial charge in [-0.3, -0.25) is 24.0 Å². The molecule has 2 heterocycles. The highest BCUT2D eigenvalue weighted by atomic mass is 32.2. The number of nitrogens with one attached hydrogen (secondary N) is 3. The van der Waals surface area contributed by atoms with Crippen molar-refractivity contribution < 1.29 is 36.8 Å². The third kappa shape index (κ3) is 9.06. The van der Waals surface area contributed by atoms with Gasteiger partial charge < -0.3 is 24.7 Å². The highest BCUT2D eigenvalue weighted by Gasteiger charge is 2.62. The van der Waals surface area contributed by atoms with E-state index in [1.165, 1.54) is 4.90 Å². The Morgan fingerprint density at radius 2 is 1.71 bits per heavy atom. The van der Waals surface area contributed by atoms with Crippen molar-refractivity contribution in [2.24, 2.45) is 5.92 Å². The van der Waals surface area contributed by atoms with Gasteiger partial charge in [0.1, 0.15) is 23.2 Å². The monoisotopic (exact) mass is 723 g/mol. The number of hydrogen-bond acceptors (Lipinski definition) is 9. The lowest BCUT2D eigenvalue weighted by molar-refractivity contribution is -0.141.